The Hall–Kier alpha value is -1.89. The third-order valence-corrected chi connectivity index (χ3v) is 5.39. The zero-order valence-electron chi connectivity index (χ0n) is 15.8. The summed E-state index contributed by atoms with van der Waals surface area (Å²) in [6.07, 6.45) is 0.798. The van der Waals surface area contributed by atoms with Gasteiger partial charge in [0.1, 0.15) is 10.9 Å². The van der Waals surface area contributed by atoms with Crippen LogP contribution in [0.25, 0.3) is 0 Å². The number of hydrazine groups is 1. The molecule has 10 nitrogen and oxygen atoms in total. The summed E-state index contributed by atoms with van der Waals surface area (Å²) in [5.74, 6) is -0.0175. The summed E-state index contributed by atoms with van der Waals surface area (Å²) >= 11 is 0.924. The van der Waals surface area contributed by atoms with E-state index in [4.69, 9.17) is 14.2 Å². The third kappa shape index (κ3) is 6.97. The van der Waals surface area contributed by atoms with Gasteiger partial charge >= 0.3 is 0 Å². The molecule has 0 aliphatic carbocycles. The van der Waals surface area contributed by atoms with Crippen molar-refractivity contribution in [2.24, 2.45) is 0 Å². The molecule has 0 saturated heterocycles. The van der Waals surface area contributed by atoms with Gasteiger partial charge in [0.05, 0.1) is 25.7 Å². The molecule has 1 rings (SSSR count). The molecular formula is C15H24N4O6S2. The van der Waals surface area contributed by atoms with Crippen LogP contribution in [0.2, 0.25) is 0 Å². The molecule has 0 radical (unpaired) electrons. The van der Waals surface area contributed by atoms with Crippen LogP contribution >= 0.6 is 11.8 Å². The zero-order valence-corrected chi connectivity index (χ0v) is 17.4. The molecule has 0 aliphatic rings. The van der Waals surface area contributed by atoms with Gasteiger partial charge in [0.25, 0.3) is 5.91 Å². The van der Waals surface area contributed by atoms with Gasteiger partial charge in [-0.25, -0.2) is 5.43 Å². The molecule has 1 amide bonds. The van der Waals surface area contributed by atoms with Crippen molar-refractivity contribution in [3.63, 3.8) is 0 Å². The summed E-state index contributed by atoms with van der Waals surface area (Å²) in [5, 5.41) is 0.0540. The average molecular weight is 421 g/mol. The number of carbonyl (C=O) groups is 1. The highest BCUT2D eigenvalue weighted by atomic mass is 32.2. The number of rotatable bonds is 11. The molecule has 0 aromatic carbocycles. The fraction of sp³-hybridized carbons (Fsp3) is 0.600. The number of thioether (sulfide) groups is 1. The maximum absolute atomic E-state index is 12.7. The van der Waals surface area contributed by atoms with Gasteiger partial charge in [-0.2, -0.15) is 18.4 Å². The lowest BCUT2D eigenvalue weighted by atomic mass is 10.0. The maximum atomic E-state index is 12.7. The lowest BCUT2D eigenvalue weighted by Crippen LogP contribution is -2.53. The first kappa shape index (κ1) is 23.1. The molecule has 0 fully saturated rings. The van der Waals surface area contributed by atoms with Crippen LogP contribution in [0.4, 0.5) is 0 Å². The number of aromatic nitrogens is 2. The average Bonchev–Trinajstić information content (AvgIpc) is 2.65. The second-order valence-electron chi connectivity index (χ2n) is 5.42. The summed E-state index contributed by atoms with van der Waals surface area (Å²) in [6.45, 7) is 3.97. The van der Waals surface area contributed by atoms with Crippen molar-refractivity contribution >= 4 is 33.3 Å². The van der Waals surface area contributed by atoms with Gasteiger partial charge in [-0.1, -0.05) is 18.7 Å². The standard InChI is InChI=1S/C15H24N4O6S2/c1-6-7-16-19-13(20)12(15(2,25-5)9-27(21)22)26-14-17-10(23-3)8-11(18-14)24-4/h8-9,12,16H,6-7H2,1-5H3,(H,19,20). The molecule has 0 saturated carbocycles. The van der Waals surface area contributed by atoms with Gasteiger partial charge in [0, 0.05) is 13.7 Å². The Bertz CT molecular complexity index is 743. The van der Waals surface area contributed by atoms with E-state index in [0.29, 0.717) is 6.54 Å². The molecule has 0 aliphatic heterocycles. The van der Waals surface area contributed by atoms with Gasteiger partial charge in [-0.05, 0) is 13.3 Å². The summed E-state index contributed by atoms with van der Waals surface area (Å²) in [7, 11) is 1.63. The summed E-state index contributed by atoms with van der Waals surface area (Å²) in [6, 6.07) is 1.48. The Balaban J connectivity index is 3.29. The van der Waals surface area contributed by atoms with Gasteiger partial charge in [0.2, 0.25) is 22.1 Å². The number of methoxy groups -OCH3 is 3. The summed E-state index contributed by atoms with van der Waals surface area (Å²) in [5.41, 5.74) is 3.87. The van der Waals surface area contributed by atoms with E-state index in [1.807, 2.05) is 6.92 Å². The number of ether oxygens (including phenoxy) is 3. The molecule has 27 heavy (non-hydrogen) atoms. The summed E-state index contributed by atoms with van der Waals surface area (Å²) in [4.78, 5) is 21.0. The predicted molar refractivity (Wildman–Crippen MR) is 102 cm³/mol. The number of carbonyl (C=O) groups excluding carboxylic acids is 1. The Kier molecular flexibility index (Phi) is 9.49. The number of hydrogen-bond donors (Lipinski definition) is 2. The van der Waals surface area contributed by atoms with Gasteiger partial charge < -0.3 is 14.2 Å². The molecule has 1 aromatic rings. The first-order valence-corrected chi connectivity index (χ1v) is 9.97. The highest BCUT2D eigenvalue weighted by Gasteiger charge is 2.40. The molecule has 12 heteroatoms. The SMILES string of the molecule is CCCNNC(=O)C(Sc1nc(OC)cc(OC)n1)C(C)(C=S(=O)=O)OC. The summed E-state index contributed by atoms with van der Waals surface area (Å²) < 4.78 is 38.1. The highest BCUT2D eigenvalue weighted by Crippen LogP contribution is 2.32. The van der Waals surface area contributed by atoms with Gasteiger partial charge in [-0.15, -0.1) is 0 Å². The first-order chi connectivity index (χ1) is 12.8. The largest absolute Gasteiger partial charge is 0.481 e. The molecule has 0 spiro atoms. The third-order valence-electron chi connectivity index (χ3n) is 3.42. The van der Waals surface area contributed by atoms with Crippen molar-refractivity contribution in [3.8, 4) is 11.8 Å². The second kappa shape index (κ2) is 11.1. The van der Waals surface area contributed by atoms with E-state index in [1.165, 1.54) is 34.3 Å². The van der Waals surface area contributed by atoms with Crippen LogP contribution in [0.5, 0.6) is 11.8 Å². The Morgan fingerprint density at radius 3 is 2.33 bits per heavy atom. The van der Waals surface area contributed by atoms with Crippen molar-refractivity contribution in [2.45, 2.75) is 36.3 Å². The second-order valence-corrected chi connectivity index (χ2v) is 7.24. The highest BCUT2D eigenvalue weighted by molar-refractivity contribution is 8.00. The van der Waals surface area contributed by atoms with Crippen molar-refractivity contribution in [1.29, 1.82) is 0 Å². The lowest BCUT2D eigenvalue weighted by Gasteiger charge is -2.30. The fourth-order valence-electron chi connectivity index (χ4n) is 1.93. The number of nitrogens with one attached hydrogen (secondary N) is 2. The normalized spacial score (nSPS) is 14.0. The Morgan fingerprint density at radius 2 is 1.89 bits per heavy atom. The van der Waals surface area contributed by atoms with E-state index < -0.39 is 27.1 Å². The van der Waals surface area contributed by atoms with E-state index in [1.54, 1.807) is 0 Å². The zero-order chi connectivity index (χ0) is 20.4. The van der Waals surface area contributed by atoms with E-state index in [9.17, 15) is 13.2 Å². The number of nitrogens with zero attached hydrogens (tertiary/aromatic N) is 2. The van der Waals surface area contributed by atoms with Crippen LogP contribution in [0, 0.1) is 0 Å². The Morgan fingerprint density at radius 1 is 1.30 bits per heavy atom. The first-order valence-electron chi connectivity index (χ1n) is 7.95. The molecule has 2 N–H and O–H groups in total. The van der Waals surface area contributed by atoms with Crippen LogP contribution in [0.3, 0.4) is 0 Å². The minimum absolute atomic E-state index is 0.162. The molecular weight excluding hydrogens is 396 g/mol. The molecule has 1 aromatic heterocycles. The van der Waals surface area contributed by atoms with Gasteiger partial charge in [0.15, 0.2) is 5.16 Å². The van der Waals surface area contributed by atoms with E-state index in [0.717, 1.165) is 23.6 Å². The van der Waals surface area contributed by atoms with E-state index in [2.05, 4.69) is 20.8 Å². The monoisotopic (exact) mass is 420 g/mol. The van der Waals surface area contributed by atoms with Crippen LogP contribution in [-0.4, -0.2) is 68.4 Å². The minimum Gasteiger partial charge on any atom is -0.481 e. The van der Waals surface area contributed by atoms with Crippen molar-refractivity contribution in [1.82, 2.24) is 20.8 Å². The molecule has 0 bridgehead atoms. The van der Waals surface area contributed by atoms with Crippen LogP contribution in [0.1, 0.15) is 20.3 Å². The molecule has 1 heterocycles. The van der Waals surface area contributed by atoms with Crippen molar-refractivity contribution in [3.05, 3.63) is 6.07 Å². The number of hydrogen-bond acceptors (Lipinski definition) is 10. The Labute approximate surface area is 163 Å². The molecule has 152 valence electrons. The lowest BCUT2D eigenvalue weighted by molar-refractivity contribution is -0.124. The molecule has 2 atom stereocenters. The predicted octanol–water partition coefficient (Wildman–Crippen LogP) is 0.0717. The van der Waals surface area contributed by atoms with Crippen LogP contribution < -0.4 is 20.3 Å². The minimum atomic E-state index is -2.55. The number of amides is 1. The van der Waals surface area contributed by atoms with Crippen LogP contribution in [0.15, 0.2) is 11.2 Å². The smallest absolute Gasteiger partial charge is 0.251 e. The van der Waals surface area contributed by atoms with Gasteiger partial charge in [-0.3, -0.25) is 10.2 Å². The topological polar surface area (TPSA) is 129 Å². The van der Waals surface area contributed by atoms with Crippen molar-refractivity contribution in [2.75, 3.05) is 27.9 Å². The van der Waals surface area contributed by atoms with Crippen LogP contribution in [-0.2, 0) is 19.8 Å². The molecule has 2 unspecified atom stereocenters. The fourth-order valence-corrected chi connectivity index (χ4v) is 3.69. The van der Waals surface area contributed by atoms with E-state index >= 15 is 0 Å². The quantitative estimate of drug-likeness (QED) is 0.167. The van der Waals surface area contributed by atoms with Crippen molar-refractivity contribution < 1.29 is 27.4 Å². The van der Waals surface area contributed by atoms with E-state index in [-0.39, 0.29) is 16.9 Å². The maximum Gasteiger partial charge on any atom is 0.251 e.